The van der Waals surface area contributed by atoms with Gasteiger partial charge in [-0.3, -0.25) is 9.59 Å². The molecule has 30 heavy (non-hydrogen) atoms. The minimum atomic E-state index is -0.334. The number of piperidine rings is 1. The Kier molecular flexibility index (Phi) is 5.84. The summed E-state index contributed by atoms with van der Waals surface area (Å²) in [6, 6.07) is 15.0. The van der Waals surface area contributed by atoms with Gasteiger partial charge in [-0.2, -0.15) is 0 Å². The molecule has 2 amide bonds. The molecule has 1 fully saturated rings. The van der Waals surface area contributed by atoms with Gasteiger partial charge in [-0.15, -0.1) is 0 Å². The van der Waals surface area contributed by atoms with E-state index in [1.54, 1.807) is 6.07 Å². The molecule has 0 bridgehead atoms. The zero-order chi connectivity index (χ0) is 21.1. The first-order chi connectivity index (χ1) is 14.5. The Bertz CT molecular complexity index is 1070. The van der Waals surface area contributed by atoms with E-state index < -0.39 is 0 Å². The normalized spacial score (nSPS) is 15.2. The Labute approximate surface area is 176 Å². The summed E-state index contributed by atoms with van der Waals surface area (Å²) in [4.78, 5) is 32.4. The first kappa shape index (κ1) is 20.1. The van der Waals surface area contributed by atoms with E-state index in [2.05, 4.69) is 5.32 Å². The molecule has 0 saturated carbocycles. The van der Waals surface area contributed by atoms with Gasteiger partial charge < -0.3 is 14.8 Å². The van der Waals surface area contributed by atoms with Crippen LogP contribution in [0.3, 0.4) is 0 Å². The van der Waals surface area contributed by atoms with Crippen LogP contribution >= 0.6 is 0 Å². The van der Waals surface area contributed by atoms with E-state index in [9.17, 15) is 9.59 Å². The number of fused-ring (bicyclic) bond motifs is 1. The van der Waals surface area contributed by atoms with Crippen LogP contribution in [0.15, 0.2) is 48.5 Å². The standard InChI is InChI=1S/C24H28N4O2/c1-17-9-8-10-19(15-17)24(30)25-18(2)23-26-20-11-4-5-12-21(20)28(23)16-22(29)27-13-6-3-7-14-27/h4-5,8-12,15,18H,3,6-7,13-14,16H2,1-2H3,(H,25,30). The van der Waals surface area contributed by atoms with Crippen molar-refractivity contribution in [3.05, 3.63) is 65.5 Å². The van der Waals surface area contributed by atoms with Crippen molar-refractivity contribution >= 4 is 22.8 Å². The number of imidazole rings is 1. The molecule has 1 aliphatic rings. The number of carbonyl (C=O) groups excluding carboxylic acids is 2. The van der Waals surface area contributed by atoms with E-state index in [0.717, 1.165) is 42.5 Å². The number of benzene rings is 2. The number of likely N-dealkylation sites (tertiary alicyclic amines) is 1. The lowest BCUT2D eigenvalue weighted by atomic mass is 10.1. The fourth-order valence-corrected chi connectivity index (χ4v) is 4.10. The van der Waals surface area contributed by atoms with Crippen molar-refractivity contribution in [2.75, 3.05) is 13.1 Å². The number of rotatable bonds is 5. The first-order valence-corrected chi connectivity index (χ1v) is 10.6. The van der Waals surface area contributed by atoms with Crippen LogP contribution in [0, 0.1) is 6.92 Å². The molecule has 6 nitrogen and oxygen atoms in total. The SMILES string of the molecule is Cc1cccc(C(=O)NC(C)c2nc3ccccc3n2CC(=O)N2CCCCC2)c1. The molecule has 1 saturated heterocycles. The van der Waals surface area contributed by atoms with Crippen molar-refractivity contribution in [3.63, 3.8) is 0 Å². The third kappa shape index (κ3) is 4.22. The van der Waals surface area contributed by atoms with Crippen LogP contribution in [0.2, 0.25) is 0 Å². The summed E-state index contributed by atoms with van der Waals surface area (Å²) in [5.74, 6) is 0.658. The van der Waals surface area contributed by atoms with Crippen molar-refractivity contribution in [3.8, 4) is 0 Å². The lowest BCUT2D eigenvalue weighted by Gasteiger charge is -2.27. The van der Waals surface area contributed by atoms with Gasteiger partial charge in [0.15, 0.2) is 0 Å². The number of para-hydroxylation sites is 2. The number of hydrogen-bond acceptors (Lipinski definition) is 3. The molecule has 3 aromatic rings. The molecule has 2 heterocycles. The number of nitrogens with one attached hydrogen (secondary N) is 1. The Morgan fingerprint density at radius 1 is 1.07 bits per heavy atom. The first-order valence-electron chi connectivity index (χ1n) is 10.6. The molecule has 1 atom stereocenters. The van der Waals surface area contributed by atoms with Crippen LogP contribution in [0.25, 0.3) is 11.0 Å². The third-order valence-corrected chi connectivity index (χ3v) is 5.70. The van der Waals surface area contributed by atoms with Gasteiger partial charge in [0, 0.05) is 18.7 Å². The maximum Gasteiger partial charge on any atom is 0.251 e. The lowest BCUT2D eigenvalue weighted by Crippen LogP contribution is -2.38. The second kappa shape index (κ2) is 8.69. The highest BCUT2D eigenvalue weighted by Crippen LogP contribution is 2.22. The number of amides is 2. The van der Waals surface area contributed by atoms with E-state index in [1.165, 1.54) is 6.42 Å². The zero-order valence-electron chi connectivity index (χ0n) is 17.6. The average Bonchev–Trinajstić information content (AvgIpc) is 3.13. The van der Waals surface area contributed by atoms with Crippen LogP contribution in [0.1, 0.15) is 54.0 Å². The second-order valence-electron chi connectivity index (χ2n) is 8.05. The number of aromatic nitrogens is 2. The molecule has 1 aliphatic heterocycles. The molecule has 1 unspecified atom stereocenters. The molecule has 6 heteroatoms. The van der Waals surface area contributed by atoms with Crippen molar-refractivity contribution in [2.24, 2.45) is 0 Å². The maximum absolute atomic E-state index is 13.0. The summed E-state index contributed by atoms with van der Waals surface area (Å²) in [6.07, 6.45) is 3.31. The van der Waals surface area contributed by atoms with Gasteiger partial charge in [-0.05, 0) is 57.4 Å². The smallest absolute Gasteiger partial charge is 0.251 e. The van der Waals surface area contributed by atoms with Gasteiger partial charge in [0.1, 0.15) is 12.4 Å². The molecular formula is C24H28N4O2. The van der Waals surface area contributed by atoms with Gasteiger partial charge in [0.2, 0.25) is 5.91 Å². The van der Waals surface area contributed by atoms with Crippen molar-refractivity contribution < 1.29 is 9.59 Å². The topological polar surface area (TPSA) is 67.2 Å². The van der Waals surface area contributed by atoms with Gasteiger partial charge in [-0.25, -0.2) is 4.98 Å². The molecule has 156 valence electrons. The molecule has 1 aromatic heterocycles. The summed E-state index contributed by atoms with van der Waals surface area (Å²) >= 11 is 0. The van der Waals surface area contributed by atoms with Crippen LogP contribution in [-0.2, 0) is 11.3 Å². The molecule has 0 spiro atoms. The molecule has 1 N–H and O–H groups in total. The van der Waals surface area contributed by atoms with E-state index in [4.69, 9.17) is 4.98 Å². The second-order valence-corrected chi connectivity index (χ2v) is 8.05. The molecular weight excluding hydrogens is 376 g/mol. The van der Waals surface area contributed by atoms with Crippen LogP contribution in [0.4, 0.5) is 0 Å². The van der Waals surface area contributed by atoms with Gasteiger partial charge in [0.25, 0.3) is 5.91 Å². The van der Waals surface area contributed by atoms with Crippen LogP contribution < -0.4 is 5.32 Å². The fraction of sp³-hybridized carbons (Fsp3) is 0.375. The summed E-state index contributed by atoms with van der Waals surface area (Å²) in [5, 5.41) is 3.05. The minimum Gasteiger partial charge on any atom is -0.342 e. The zero-order valence-corrected chi connectivity index (χ0v) is 17.6. The number of hydrogen-bond donors (Lipinski definition) is 1. The monoisotopic (exact) mass is 404 g/mol. The van der Waals surface area contributed by atoms with Crippen molar-refractivity contribution in [1.29, 1.82) is 0 Å². The highest BCUT2D eigenvalue weighted by Gasteiger charge is 2.23. The van der Waals surface area contributed by atoms with Gasteiger partial charge in [0.05, 0.1) is 17.1 Å². The lowest BCUT2D eigenvalue weighted by molar-refractivity contribution is -0.132. The Hall–Kier alpha value is -3.15. The number of nitrogens with zero attached hydrogens (tertiary/aromatic N) is 3. The summed E-state index contributed by atoms with van der Waals surface area (Å²) < 4.78 is 1.95. The highest BCUT2D eigenvalue weighted by atomic mass is 16.2. The summed E-state index contributed by atoms with van der Waals surface area (Å²) in [6.45, 7) is 5.75. The Morgan fingerprint density at radius 2 is 1.83 bits per heavy atom. The largest absolute Gasteiger partial charge is 0.342 e. The summed E-state index contributed by atoms with van der Waals surface area (Å²) in [7, 11) is 0. The number of carbonyl (C=O) groups is 2. The molecule has 2 aromatic carbocycles. The van der Waals surface area contributed by atoms with E-state index in [1.807, 2.05) is 65.8 Å². The Balaban J connectivity index is 1.60. The molecule has 0 aliphatic carbocycles. The van der Waals surface area contributed by atoms with Gasteiger partial charge in [-0.1, -0.05) is 29.8 Å². The highest BCUT2D eigenvalue weighted by molar-refractivity contribution is 5.94. The summed E-state index contributed by atoms with van der Waals surface area (Å²) in [5.41, 5.74) is 3.40. The van der Waals surface area contributed by atoms with Crippen LogP contribution in [0.5, 0.6) is 0 Å². The molecule has 0 radical (unpaired) electrons. The van der Waals surface area contributed by atoms with Crippen molar-refractivity contribution in [1.82, 2.24) is 19.8 Å². The number of aryl methyl sites for hydroxylation is 1. The average molecular weight is 405 g/mol. The Morgan fingerprint density at radius 3 is 2.60 bits per heavy atom. The van der Waals surface area contributed by atoms with E-state index in [-0.39, 0.29) is 24.4 Å². The third-order valence-electron chi connectivity index (χ3n) is 5.70. The van der Waals surface area contributed by atoms with Gasteiger partial charge >= 0.3 is 0 Å². The van der Waals surface area contributed by atoms with E-state index >= 15 is 0 Å². The fourth-order valence-electron chi connectivity index (χ4n) is 4.10. The predicted molar refractivity (Wildman–Crippen MR) is 117 cm³/mol. The predicted octanol–water partition coefficient (Wildman–Crippen LogP) is 3.85. The van der Waals surface area contributed by atoms with Crippen molar-refractivity contribution in [2.45, 2.75) is 45.7 Å². The van der Waals surface area contributed by atoms with E-state index in [0.29, 0.717) is 11.4 Å². The quantitative estimate of drug-likeness (QED) is 0.702. The van der Waals surface area contributed by atoms with Crippen LogP contribution in [-0.4, -0.2) is 39.4 Å². The minimum absolute atomic E-state index is 0.108. The maximum atomic E-state index is 13.0. The molecule has 4 rings (SSSR count).